The van der Waals surface area contributed by atoms with E-state index >= 15 is 0 Å². The molecule has 2 atom stereocenters. The van der Waals surface area contributed by atoms with Crippen molar-refractivity contribution < 1.29 is 18.3 Å². The first kappa shape index (κ1) is 16.3. The molecule has 0 aliphatic carbocycles. The third kappa shape index (κ3) is 2.96. The first-order valence-corrected chi connectivity index (χ1v) is 9.31. The average molecular weight is 340 g/mol. The predicted octanol–water partition coefficient (Wildman–Crippen LogP) is -0.807. The highest BCUT2D eigenvalue weighted by Gasteiger charge is 2.52. The van der Waals surface area contributed by atoms with Gasteiger partial charge in [0.1, 0.15) is 6.33 Å². The number of carbonyl (C=O) groups excluding carboxylic acids is 1. The molecule has 2 aliphatic heterocycles. The van der Waals surface area contributed by atoms with E-state index in [1.807, 2.05) is 0 Å². The number of aliphatic hydroxyl groups is 1. The first-order chi connectivity index (χ1) is 10.9. The highest BCUT2D eigenvalue weighted by molar-refractivity contribution is 7.88. The molecule has 23 heavy (non-hydrogen) atoms. The maximum atomic E-state index is 12.6. The predicted molar refractivity (Wildman–Crippen MR) is 82.0 cm³/mol. The summed E-state index contributed by atoms with van der Waals surface area (Å²) in [6.07, 6.45) is 6.14. The number of rotatable bonds is 3. The van der Waals surface area contributed by atoms with Gasteiger partial charge in [-0.05, 0) is 12.3 Å². The number of aliphatic hydroxyl groups excluding tert-OH is 1. The molecule has 1 aromatic heterocycles. The summed E-state index contributed by atoms with van der Waals surface area (Å²) >= 11 is 0. The lowest BCUT2D eigenvalue weighted by Crippen LogP contribution is -2.52. The molecular formula is C14H20N4O4S. The van der Waals surface area contributed by atoms with Crippen LogP contribution in [0.25, 0.3) is 0 Å². The summed E-state index contributed by atoms with van der Waals surface area (Å²) in [7, 11) is -3.30. The second-order valence-electron chi connectivity index (χ2n) is 6.42. The monoisotopic (exact) mass is 340 g/mol. The number of aromatic nitrogens is 2. The zero-order valence-electron chi connectivity index (χ0n) is 12.9. The molecule has 2 aliphatic rings. The Balaban J connectivity index is 1.81. The highest BCUT2D eigenvalue weighted by atomic mass is 32.2. The second-order valence-corrected chi connectivity index (χ2v) is 8.40. The van der Waals surface area contributed by atoms with Gasteiger partial charge in [0.25, 0.3) is 5.91 Å². The van der Waals surface area contributed by atoms with Crippen LogP contribution in [0.1, 0.15) is 16.8 Å². The molecule has 9 heteroatoms. The topological polar surface area (TPSA) is 104 Å². The van der Waals surface area contributed by atoms with Crippen LogP contribution in [0.15, 0.2) is 18.7 Å². The molecule has 0 bridgehead atoms. The van der Waals surface area contributed by atoms with E-state index in [4.69, 9.17) is 0 Å². The van der Waals surface area contributed by atoms with Crippen molar-refractivity contribution in [2.24, 2.45) is 11.3 Å². The number of hydrogen-bond acceptors (Lipinski definition) is 6. The van der Waals surface area contributed by atoms with Crippen molar-refractivity contribution in [3.63, 3.8) is 0 Å². The Morgan fingerprint density at radius 1 is 1.39 bits per heavy atom. The molecule has 8 nitrogen and oxygen atoms in total. The van der Waals surface area contributed by atoms with Crippen LogP contribution < -0.4 is 0 Å². The van der Waals surface area contributed by atoms with E-state index in [1.165, 1.54) is 29.3 Å². The fraction of sp³-hybridized carbons (Fsp3) is 0.643. The smallest absolute Gasteiger partial charge is 0.257 e. The van der Waals surface area contributed by atoms with Crippen LogP contribution >= 0.6 is 0 Å². The number of carbonyl (C=O) groups is 1. The van der Waals surface area contributed by atoms with E-state index in [0.29, 0.717) is 31.6 Å². The Hall–Kier alpha value is -1.58. The van der Waals surface area contributed by atoms with E-state index in [-0.39, 0.29) is 25.0 Å². The maximum absolute atomic E-state index is 12.6. The lowest BCUT2D eigenvalue weighted by atomic mass is 9.74. The SMILES string of the molecule is CS(=O)(=O)N1C[C@@H]2CCN(C(=O)c3cncnc3)C[C@]2(CO)C1. The number of amides is 1. The number of piperidine rings is 1. The average Bonchev–Trinajstić information content (AvgIpc) is 2.94. The Morgan fingerprint density at radius 3 is 2.70 bits per heavy atom. The lowest BCUT2D eigenvalue weighted by molar-refractivity contribution is 0.0129. The highest BCUT2D eigenvalue weighted by Crippen LogP contribution is 2.42. The summed E-state index contributed by atoms with van der Waals surface area (Å²) in [5.74, 6) is -0.118. The van der Waals surface area contributed by atoms with Crippen molar-refractivity contribution in [2.75, 3.05) is 39.0 Å². The van der Waals surface area contributed by atoms with Gasteiger partial charge in [-0.25, -0.2) is 22.7 Å². The van der Waals surface area contributed by atoms with E-state index in [0.717, 1.165) is 0 Å². The third-order valence-corrected chi connectivity index (χ3v) is 6.13. The van der Waals surface area contributed by atoms with Crippen LogP contribution in [0.2, 0.25) is 0 Å². The summed E-state index contributed by atoms with van der Waals surface area (Å²) in [5, 5.41) is 9.92. The van der Waals surface area contributed by atoms with E-state index in [1.54, 1.807) is 4.90 Å². The Morgan fingerprint density at radius 2 is 2.09 bits per heavy atom. The molecule has 1 aromatic rings. The van der Waals surface area contributed by atoms with Gasteiger partial charge in [0, 0.05) is 44.0 Å². The minimum absolute atomic E-state index is 0.0679. The van der Waals surface area contributed by atoms with Crippen molar-refractivity contribution >= 4 is 15.9 Å². The molecule has 3 rings (SSSR count). The van der Waals surface area contributed by atoms with Crippen LogP contribution in [-0.2, 0) is 10.0 Å². The summed E-state index contributed by atoms with van der Waals surface area (Å²) < 4.78 is 25.0. The first-order valence-electron chi connectivity index (χ1n) is 7.46. The summed E-state index contributed by atoms with van der Waals surface area (Å²) in [4.78, 5) is 21.9. The molecule has 3 heterocycles. The molecule has 0 spiro atoms. The number of hydrogen-bond donors (Lipinski definition) is 1. The maximum Gasteiger partial charge on any atom is 0.257 e. The lowest BCUT2D eigenvalue weighted by Gasteiger charge is -2.43. The zero-order chi connectivity index (χ0) is 16.7. The Bertz CT molecular complexity index is 696. The summed E-state index contributed by atoms with van der Waals surface area (Å²) in [5.41, 5.74) is -0.191. The zero-order valence-corrected chi connectivity index (χ0v) is 13.7. The largest absolute Gasteiger partial charge is 0.396 e. The normalized spacial score (nSPS) is 28.6. The van der Waals surface area contributed by atoms with Gasteiger partial charge in [0.2, 0.25) is 10.0 Å². The number of fused-ring (bicyclic) bond motifs is 1. The van der Waals surface area contributed by atoms with Gasteiger partial charge < -0.3 is 10.0 Å². The van der Waals surface area contributed by atoms with Gasteiger partial charge in [-0.15, -0.1) is 0 Å². The third-order valence-electron chi connectivity index (χ3n) is 4.91. The molecule has 0 aromatic carbocycles. The van der Waals surface area contributed by atoms with Gasteiger partial charge in [-0.1, -0.05) is 0 Å². The fourth-order valence-corrected chi connectivity index (χ4v) is 4.52. The van der Waals surface area contributed by atoms with Gasteiger partial charge in [0.05, 0.1) is 18.4 Å². The molecular weight excluding hydrogens is 320 g/mol. The molecule has 126 valence electrons. The Kier molecular flexibility index (Phi) is 4.11. The van der Waals surface area contributed by atoms with Gasteiger partial charge >= 0.3 is 0 Å². The number of likely N-dealkylation sites (tertiary alicyclic amines) is 1. The van der Waals surface area contributed by atoms with Crippen LogP contribution in [-0.4, -0.2) is 77.6 Å². The van der Waals surface area contributed by atoms with Crippen molar-refractivity contribution in [2.45, 2.75) is 6.42 Å². The molecule has 1 N–H and O–H groups in total. The Labute approximate surface area is 135 Å². The molecule has 0 unspecified atom stereocenters. The van der Waals surface area contributed by atoms with E-state index in [9.17, 15) is 18.3 Å². The summed E-state index contributed by atoms with van der Waals surface area (Å²) in [6, 6.07) is 0. The van der Waals surface area contributed by atoms with Crippen LogP contribution in [0, 0.1) is 11.3 Å². The second kappa shape index (κ2) is 5.81. The van der Waals surface area contributed by atoms with Gasteiger partial charge in [-0.2, -0.15) is 0 Å². The molecule has 2 saturated heterocycles. The van der Waals surface area contributed by atoms with Crippen LogP contribution in [0.5, 0.6) is 0 Å². The standard InChI is InChI=1S/C14H20N4O4S/c1-23(21,22)18-6-12-2-3-17(7-14(12,8-18)9-19)13(20)11-4-15-10-16-5-11/h4-5,10,12,19H,2-3,6-9H2,1H3/t12-,14+/m0/s1. The van der Waals surface area contributed by atoms with E-state index < -0.39 is 15.4 Å². The molecule has 0 radical (unpaired) electrons. The van der Waals surface area contributed by atoms with E-state index in [2.05, 4.69) is 9.97 Å². The minimum atomic E-state index is -3.30. The number of sulfonamides is 1. The van der Waals surface area contributed by atoms with Crippen molar-refractivity contribution in [3.8, 4) is 0 Å². The van der Waals surface area contributed by atoms with Crippen LogP contribution in [0.3, 0.4) is 0 Å². The van der Waals surface area contributed by atoms with Gasteiger partial charge in [0.15, 0.2) is 0 Å². The van der Waals surface area contributed by atoms with Gasteiger partial charge in [-0.3, -0.25) is 4.79 Å². The number of nitrogens with zero attached hydrogens (tertiary/aromatic N) is 4. The van der Waals surface area contributed by atoms with Crippen molar-refractivity contribution in [1.29, 1.82) is 0 Å². The minimum Gasteiger partial charge on any atom is -0.396 e. The van der Waals surface area contributed by atoms with Crippen LogP contribution in [0.4, 0.5) is 0 Å². The molecule has 2 fully saturated rings. The quantitative estimate of drug-likeness (QED) is 0.772. The van der Waals surface area contributed by atoms with Crippen molar-refractivity contribution in [3.05, 3.63) is 24.3 Å². The van der Waals surface area contributed by atoms with Crippen molar-refractivity contribution in [1.82, 2.24) is 19.2 Å². The molecule has 0 saturated carbocycles. The summed E-state index contributed by atoms with van der Waals surface area (Å²) in [6.45, 7) is 1.41. The molecule has 1 amide bonds. The fourth-order valence-electron chi connectivity index (χ4n) is 3.58.